The average molecular weight is 905 g/mol. The lowest BCUT2D eigenvalue weighted by atomic mass is 10.0. The molecule has 0 aliphatic carbocycles. The Morgan fingerprint density at radius 1 is 0.338 bits per heavy atom. The van der Waals surface area contributed by atoms with Gasteiger partial charge in [0.1, 0.15) is 13.2 Å². The van der Waals surface area contributed by atoms with E-state index in [4.69, 9.17) is 14.2 Å². The minimum absolute atomic E-state index is 0.0933. The second-order valence-corrected chi connectivity index (χ2v) is 17.8. The third-order valence-corrected chi connectivity index (χ3v) is 11.5. The summed E-state index contributed by atoms with van der Waals surface area (Å²) in [5.41, 5.74) is 0. The summed E-state index contributed by atoms with van der Waals surface area (Å²) < 4.78 is 16.8. The van der Waals surface area contributed by atoms with E-state index >= 15 is 0 Å². The molecule has 0 aromatic rings. The van der Waals surface area contributed by atoms with E-state index in [9.17, 15) is 14.4 Å². The molecule has 0 rings (SSSR count). The predicted octanol–water partition coefficient (Wildman–Crippen LogP) is 18.0. The molecule has 372 valence electrons. The zero-order valence-electron chi connectivity index (χ0n) is 42.5. The third kappa shape index (κ3) is 51.4. The highest BCUT2D eigenvalue weighted by atomic mass is 16.6. The summed E-state index contributed by atoms with van der Waals surface area (Å²) in [5, 5.41) is 0. The normalized spacial score (nSPS) is 12.7. The Labute approximate surface area is 401 Å². The molecular formula is C59H100O6. The van der Waals surface area contributed by atoms with Crippen LogP contribution in [0.4, 0.5) is 0 Å². The van der Waals surface area contributed by atoms with Crippen LogP contribution in [0.2, 0.25) is 0 Å². The van der Waals surface area contributed by atoms with Crippen molar-refractivity contribution in [3.63, 3.8) is 0 Å². The first-order valence-electron chi connectivity index (χ1n) is 27.1. The van der Waals surface area contributed by atoms with Crippen LogP contribution in [0.3, 0.4) is 0 Å². The van der Waals surface area contributed by atoms with E-state index in [0.29, 0.717) is 19.3 Å². The highest BCUT2D eigenvalue weighted by Gasteiger charge is 2.19. The summed E-state index contributed by atoms with van der Waals surface area (Å²) in [5.74, 6) is -0.943. The third-order valence-electron chi connectivity index (χ3n) is 11.5. The quantitative estimate of drug-likeness (QED) is 0.0199. The first kappa shape index (κ1) is 61.6. The Kier molecular flexibility index (Phi) is 50.4. The second-order valence-electron chi connectivity index (χ2n) is 17.8. The maximum atomic E-state index is 12.8. The molecule has 1 atom stereocenters. The highest BCUT2D eigenvalue weighted by Crippen LogP contribution is 2.16. The number of allylic oxidation sites excluding steroid dienone is 14. The van der Waals surface area contributed by atoms with Crippen molar-refractivity contribution in [2.45, 2.75) is 258 Å². The molecule has 6 heteroatoms. The first-order chi connectivity index (χ1) is 32.0. The van der Waals surface area contributed by atoms with Gasteiger partial charge in [0.25, 0.3) is 0 Å². The van der Waals surface area contributed by atoms with Crippen LogP contribution in [0, 0.1) is 0 Å². The number of carbonyl (C=O) groups is 3. The molecule has 1 unspecified atom stereocenters. The van der Waals surface area contributed by atoms with Gasteiger partial charge in [-0.3, -0.25) is 14.4 Å². The SMILES string of the molecule is CC\C=C/C=C\C=C/C=C\CCCCCC(=O)OCC(COC(=O)CCCCCCCCCCCCCCCCCCCC)OC(=O)CCCCCCCC/C=C\C/C=C\C/C=C\CC. The molecule has 0 aromatic carbocycles. The molecule has 0 aliphatic heterocycles. The van der Waals surface area contributed by atoms with Gasteiger partial charge in [-0.2, -0.15) is 0 Å². The number of hydrogen-bond donors (Lipinski definition) is 0. The molecule has 0 bridgehead atoms. The summed E-state index contributed by atoms with van der Waals surface area (Å²) in [6.45, 7) is 6.36. The Balaban J connectivity index is 4.41. The molecule has 0 N–H and O–H groups in total. The van der Waals surface area contributed by atoms with E-state index in [0.717, 1.165) is 103 Å². The van der Waals surface area contributed by atoms with Crippen LogP contribution in [0.5, 0.6) is 0 Å². The van der Waals surface area contributed by atoms with Crippen LogP contribution in [0.25, 0.3) is 0 Å². The molecule has 65 heavy (non-hydrogen) atoms. The summed E-state index contributed by atoms with van der Waals surface area (Å²) in [7, 11) is 0. The average Bonchev–Trinajstić information content (AvgIpc) is 3.30. The number of esters is 3. The lowest BCUT2D eigenvalue weighted by Crippen LogP contribution is -2.30. The topological polar surface area (TPSA) is 78.9 Å². The van der Waals surface area contributed by atoms with Gasteiger partial charge in [-0.25, -0.2) is 0 Å². The monoisotopic (exact) mass is 905 g/mol. The number of hydrogen-bond acceptors (Lipinski definition) is 6. The van der Waals surface area contributed by atoms with Gasteiger partial charge in [-0.05, 0) is 70.6 Å². The lowest BCUT2D eigenvalue weighted by molar-refractivity contribution is -0.167. The number of rotatable bonds is 48. The largest absolute Gasteiger partial charge is 0.462 e. The van der Waals surface area contributed by atoms with Gasteiger partial charge in [0.15, 0.2) is 6.10 Å². The van der Waals surface area contributed by atoms with Crippen molar-refractivity contribution in [1.82, 2.24) is 0 Å². The van der Waals surface area contributed by atoms with Crippen LogP contribution >= 0.6 is 0 Å². The van der Waals surface area contributed by atoms with Crippen molar-refractivity contribution in [3.8, 4) is 0 Å². The van der Waals surface area contributed by atoms with Gasteiger partial charge >= 0.3 is 17.9 Å². The van der Waals surface area contributed by atoms with Crippen molar-refractivity contribution in [1.29, 1.82) is 0 Å². The van der Waals surface area contributed by atoms with Gasteiger partial charge < -0.3 is 14.2 Å². The molecule has 0 saturated heterocycles. The van der Waals surface area contributed by atoms with Crippen molar-refractivity contribution < 1.29 is 28.6 Å². The van der Waals surface area contributed by atoms with Gasteiger partial charge in [0.2, 0.25) is 0 Å². The minimum Gasteiger partial charge on any atom is -0.462 e. The highest BCUT2D eigenvalue weighted by molar-refractivity contribution is 5.71. The van der Waals surface area contributed by atoms with Crippen molar-refractivity contribution >= 4 is 17.9 Å². The van der Waals surface area contributed by atoms with Crippen LogP contribution < -0.4 is 0 Å². The molecule has 0 aliphatic rings. The standard InChI is InChI=1S/C59H100O6/c1-4-7-10-13-16-19-22-25-27-29-30-32-34-37-40-43-46-49-52-58(61)64-55-56(54-63-57(60)51-48-45-42-39-36-33-24-21-18-15-12-9-6-3)65-59(62)53-50-47-44-41-38-35-31-28-26-23-20-17-14-11-8-5-2/h8-9,11-12,15,17-18,20-21,24,26,28,33,36,56H,4-7,10,13-14,16,19,22-23,25,27,29-32,34-35,37-55H2,1-3H3/b11-8-,12-9-,18-15-,20-17-,24-21-,28-26-,36-33-. The van der Waals surface area contributed by atoms with Gasteiger partial charge in [-0.15, -0.1) is 0 Å². The molecular weight excluding hydrogens is 805 g/mol. The Bertz CT molecular complexity index is 1270. The fourth-order valence-corrected chi connectivity index (χ4v) is 7.47. The van der Waals surface area contributed by atoms with Crippen LogP contribution in [-0.2, 0) is 28.6 Å². The summed E-state index contributed by atoms with van der Waals surface area (Å²) in [4.78, 5) is 38.0. The number of unbranched alkanes of at least 4 members (excludes halogenated alkanes) is 26. The number of ether oxygens (including phenoxy) is 3. The lowest BCUT2D eigenvalue weighted by Gasteiger charge is -2.18. The zero-order valence-corrected chi connectivity index (χ0v) is 42.5. The Hall–Kier alpha value is -3.41. The van der Waals surface area contributed by atoms with E-state index < -0.39 is 6.10 Å². The van der Waals surface area contributed by atoms with Gasteiger partial charge in [-0.1, -0.05) is 247 Å². The van der Waals surface area contributed by atoms with Crippen molar-refractivity contribution in [2.24, 2.45) is 0 Å². The minimum atomic E-state index is -0.798. The molecule has 6 nitrogen and oxygen atoms in total. The Morgan fingerprint density at radius 3 is 1.14 bits per heavy atom. The maximum absolute atomic E-state index is 12.8. The molecule has 0 amide bonds. The van der Waals surface area contributed by atoms with E-state index in [-0.39, 0.29) is 31.1 Å². The fourth-order valence-electron chi connectivity index (χ4n) is 7.47. The smallest absolute Gasteiger partial charge is 0.306 e. The van der Waals surface area contributed by atoms with E-state index in [2.05, 4.69) is 69.4 Å². The van der Waals surface area contributed by atoms with Crippen LogP contribution in [-0.4, -0.2) is 37.2 Å². The molecule has 0 spiro atoms. The summed E-state index contributed by atoms with van der Waals surface area (Å²) >= 11 is 0. The maximum Gasteiger partial charge on any atom is 0.306 e. The number of carbonyl (C=O) groups excluding carboxylic acids is 3. The molecule has 0 radical (unpaired) electrons. The zero-order chi connectivity index (χ0) is 47.2. The van der Waals surface area contributed by atoms with Gasteiger partial charge in [0.05, 0.1) is 0 Å². The second kappa shape index (κ2) is 53.2. The van der Waals surface area contributed by atoms with Gasteiger partial charge in [0, 0.05) is 19.3 Å². The molecule has 0 saturated carbocycles. The van der Waals surface area contributed by atoms with Crippen LogP contribution in [0.15, 0.2) is 85.1 Å². The van der Waals surface area contributed by atoms with E-state index in [1.54, 1.807) is 0 Å². The predicted molar refractivity (Wildman–Crippen MR) is 279 cm³/mol. The molecule has 0 fully saturated rings. The Morgan fingerprint density at radius 2 is 0.677 bits per heavy atom. The van der Waals surface area contributed by atoms with E-state index in [1.165, 1.54) is 109 Å². The fraction of sp³-hybridized carbons (Fsp3) is 0.712. The summed E-state index contributed by atoms with van der Waals surface area (Å²) in [6, 6.07) is 0. The summed E-state index contributed by atoms with van der Waals surface area (Å²) in [6.07, 6.45) is 68.6. The van der Waals surface area contributed by atoms with Crippen LogP contribution in [0.1, 0.15) is 252 Å². The van der Waals surface area contributed by atoms with E-state index in [1.807, 2.05) is 36.5 Å². The molecule has 0 heterocycles. The van der Waals surface area contributed by atoms with Crippen molar-refractivity contribution in [3.05, 3.63) is 85.1 Å². The van der Waals surface area contributed by atoms with Crippen molar-refractivity contribution in [2.75, 3.05) is 13.2 Å². The first-order valence-corrected chi connectivity index (χ1v) is 27.1. The molecule has 0 aromatic heterocycles.